The van der Waals surface area contributed by atoms with Crippen LogP contribution in [0.15, 0.2) is 24.3 Å². The van der Waals surface area contributed by atoms with Gasteiger partial charge in [-0.25, -0.2) is 0 Å². The molecule has 19 heavy (non-hydrogen) atoms. The predicted octanol–water partition coefficient (Wildman–Crippen LogP) is -0.0426. The first kappa shape index (κ1) is 18.7. The van der Waals surface area contributed by atoms with E-state index < -0.39 is 7.12 Å². The van der Waals surface area contributed by atoms with Gasteiger partial charge in [-0.05, 0) is 18.1 Å². The highest BCUT2D eigenvalue weighted by molar-refractivity contribution is 6.58. The minimum absolute atomic E-state index is 0. The van der Waals surface area contributed by atoms with Crippen LogP contribution in [0, 0.1) is 0 Å². The molecule has 0 spiro atoms. The van der Waals surface area contributed by atoms with Crippen LogP contribution < -0.4 is 5.46 Å². The zero-order valence-corrected chi connectivity index (χ0v) is 12.7. The van der Waals surface area contributed by atoms with E-state index in [0.29, 0.717) is 5.46 Å². The van der Waals surface area contributed by atoms with Gasteiger partial charge in [-0.2, -0.15) is 0 Å². The summed E-state index contributed by atoms with van der Waals surface area (Å²) in [5, 5.41) is 18.0. The van der Waals surface area contributed by atoms with Crippen LogP contribution in [-0.2, 0) is 6.54 Å². The Balaban J connectivity index is 0.00000162. The Labute approximate surface area is 127 Å². The average Bonchev–Trinajstić information content (AvgIpc) is 2.33. The normalized spacial score (nSPS) is 16.4. The molecular formula is C12H21BCl2N2O2. The molecule has 7 heteroatoms. The van der Waals surface area contributed by atoms with E-state index in [4.69, 9.17) is 10.0 Å². The number of nitrogens with zero attached hydrogens (tertiary/aromatic N) is 2. The van der Waals surface area contributed by atoms with Crippen molar-refractivity contribution in [1.82, 2.24) is 9.80 Å². The van der Waals surface area contributed by atoms with Crippen LogP contribution in [0.5, 0.6) is 0 Å². The van der Waals surface area contributed by atoms with Crippen LogP contribution in [0.3, 0.4) is 0 Å². The molecule has 0 bridgehead atoms. The molecule has 1 aromatic rings. The van der Waals surface area contributed by atoms with Gasteiger partial charge in [0.05, 0.1) is 0 Å². The topological polar surface area (TPSA) is 46.9 Å². The average molecular weight is 307 g/mol. The maximum absolute atomic E-state index is 9.00. The second-order valence-corrected chi connectivity index (χ2v) is 4.69. The Hall–Kier alpha value is -0.295. The van der Waals surface area contributed by atoms with Crippen molar-refractivity contribution in [2.75, 3.05) is 33.2 Å². The summed E-state index contributed by atoms with van der Waals surface area (Å²) in [6.45, 7) is 5.37. The third-order valence-corrected chi connectivity index (χ3v) is 3.28. The molecule has 1 aliphatic rings. The summed E-state index contributed by atoms with van der Waals surface area (Å²) >= 11 is 0. The smallest absolute Gasteiger partial charge is 0.423 e. The number of likely N-dealkylation sites (N-methyl/N-ethyl adjacent to an activating group) is 1. The van der Waals surface area contributed by atoms with Crippen molar-refractivity contribution in [1.29, 1.82) is 0 Å². The van der Waals surface area contributed by atoms with Gasteiger partial charge in [0.2, 0.25) is 0 Å². The Bertz CT molecular complexity index is 357. The maximum Gasteiger partial charge on any atom is 0.488 e. The Kier molecular flexibility index (Phi) is 8.66. The number of piperazine rings is 1. The monoisotopic (exact) mass is 306 g/mol. The quantitative estimate of drug-likeness (QED) is 0.769. The van der Waals surface area contributed by atoms with E-state index in [-0.39, 0.29) is 24.8 Å². The van der Waals surface area contributed by atoms with Gasteiger partial charge in [0.25, 0.3) is 0 Å². The second-order valence-electron chi connectivity index (χ2n) is 4.69. The van der Waals surface area contributed by atoms with Crippen molar-refractivity contribution >= 4 is 37.4 Å². The summed E-state index contributed by atoms with van der Waals surface area (Å²) in [5.41, 5.74) is 1.77. The highest BCUT2D eigenvalue weighted by atomic mass is 35.5. The van der Waals surface area contributed by atoms with Gasteiger partial charge in [0.1, 0.15) is 0 Å². The largest absolute Gasteiger partial charge is 0.488 e. The highest BCUT2D eigenvalue weighted by Crippen LogP contribution is 2.06. The SMILES string of the molecule is CN1CCN(Cc2ccc(B(O)O)cc2)CC1.Cl.Cl. The number of hydrogen-bond donors (Lipinski definition) is 2. The second kappa shape index (κ2) is 8.79. The van der Waals surface area contributed by atoms with Gasteiger partial charge in [-0.3, -0.25) is 4.90 Å². The van der Waals surface area contributed by atoms with E-state index in [1.165, 1.54) is 5.56 Å². The fourth-order valence-electron chi connectivity index (χ4n) is 2.06. The van der Waals surface area contributed by atoms with Crippen molar-refractivity contribution in [2.45, 2.75) is 6.54 Å². The van der Waals surface area contributed by atoms with Crippen molar-refractivity contribution in [3.63, 3.8) is 0 Å². The van der Waals surface area contributed by atoms with Crippen LogP contribution in [-0.4, -0.2) is 60.2 Å². The van der Waals surface area contributed by atoms with Crippen LogP contribution in [0.25, 0.3) is 0 Å². The first-order valence-corrected chi connectivity index (χ1v) is 6.01. The van der Waals surface area contributed by atoms with Gasteiger partial charge >= 0.3 is 7.12 Å². The zero-order chi connectivity index (χ0) is 12.3. The molecule has 1 saturated heterocycles. The first-order chi connectivity index (χ1) is 8.15. The summed E-state index contributed by atoms with van der Waals surface area (Å²) in [6.07, 6.45) is 0. The molecule has 1 fully saturated rings. The van der Waals surface area contributed by atoms with Gasteiger partial charge < -0.3 is 14.9 Å². The molecule has 0 amide bonds. The van der Waals surface area contributed by atoms with Crippen LogP contribution in [0.1, 0.15) is 5.56 Å². The molecule has 0 aliphatic carbocycles. The molecule has 1 aliphatic heterocycles. The van der Waals surface area contributed by atoms with Crippen molar-refractivity contribution in [3.05, 3.63) is 29.8 Å². The Morgan fingerprint density at radius 1 is 1.00 bits per heavy atom. The van der Waals surface area contributed by atoms with Crippen molar-refractivity contribution < 1.29 is 10.0 Å². The molecule has 0 radical (unpaired) electrons. The van der Waals surface area contributed by atoms with Crippen LogP contribution in [0.2, 0.25) is 0 Å². The minimum Gasteiger partial charge on any atom is -0.423 e. The standard InChI is InChI=1S/C12H19BN2O2.2ClH/c1-14-6-8-15(9-7-14)10-11-2-4-12(5-3-11)13(16)17;;/h2-5,16-17H,6-10H2,1H3;2*1H. The van der Waals surface area contributed by atoms with Crippen LogP contribution >= 0.6 is 24.8 Å². The van der Waals surface area contributed by atoms with E-state index in [1.54, 1.807) is 12.1 Å². The fraction of sp³-hybridized carbons (Fsp3) is 0.500. The van der Waals surface area contributed by atoms with Crippen LogP contribution in [0.4, 0.5) is 0 Å². The van der Waals surface area contributed by atoms with Crippen molar-refractivity contribution in [3.8, 4) is 0 Å². The number of hydrogen-bond acceptors (Lipinski definition) is 4. The van der Waals surface area contributed by atoms with Gasteiger partial charge in [-0.1, -0.05) is 24.3 Å². The van der Waals surface area contributed by atoms with E-state index in [1.807, 2.05) is 12.1 Å². The fourth-order valence-corrected chi connectivity index (χ4v) is 2.06. The lowest BCUT2D eigenvalue weighted by Gasteiger charge is -2.32. The summed E-state index contributed by atoms with van der Waals surface area (Å²) in [5.74, 6) is 0. The van der Waals surface area contributed by atoms with E-state index >= 15 is 0 Å². The molecule has 1 aromatic carbocycles. The third kappa shape index (κ3) is 5.69. The highest BCUT2D eigenvalue weighted by Gasteiger charge is 2.14. The summed E-state index contributed by atoms with van der Waals surface area (Å²) < 4.78 is 0. The Morgan fingerprint density at radius 2 is 1.53 bits per heavy atom. The van der Waals surface area contributed by atoms with Gasteiger partial charge in [-0.15, -0.1) is 24.8 Å². The molecule has 2 N–H and O–H groups in total. The minimum atomic E-state index is -1.37. The molecule has 108 valence electrons. The number of halogens is 2. The molecule has 2 rings (SSSR count). The Morgan fingerprint density at radius 3 is 2.00 bits per heavy atom. The lowest BCUT2D eigenvalue weighted by atomic mass is 9.80. The van der Waals surface area contributed by atoms with E-state index in [9.17, 15) is 0 Å². The third-order valence-electron chi connectivity index (χ3n) is 3.28. The molecule has 0 saturated carbocycles. The number of rotatable bonds is 3. The zero-order valence-electron chi connectivity index (χ0n) is 11.0. The maximum atomic E-state index is 9.00. The molecule has 0 atom stereocenters. The molecule has 0 unspecified atom stereocenters. The predicted molar refractivity (Wildman–Crippen MR) is 83.5 cm³/mol. The lowest BCUT2D eigenvalue weighted by Crippen LogP contribution is -2.43. The summed E-state index contributed by atoms with van der Waals surface area (Å²) in [6, 6.07) is 7.48. The summed E-state index contributed by atoms with van der Waals surface area (Å²) in [7, 11) is 0.780. The molecule has 4 nitrogen and oxygen atoms in total. The van der Waals surface area contributed by atoms with Gasteiger partial charge in [0, 0.05) is 32.7 Å². The number of benzene rings is 1. The van der Waals surface area contributed by atoms with E-state index in [0.717, 1.165) is 32.7 Å². The van der Waals surface area contributed by atoms with E-state index in [2.05, 4.69) is 16.8 Å². The molecular weight excluding hydrogens is 286 g/mol. The first-order valence-electron chi connectivity index (χ1n) is 6.01. The lowest BCUT2D eigenvalue weighted by molar-refractivity contribution is 0.148. The molecule has 0 aromatic heterocycles. The van der Waals surface area contributed by atoms with Gasteiger partial charge in [0.15, 0.2) is 0 Å². The van der Waals surface area contributed by atoms with Crippen molar-refractivity contribution in [2.24, 2.45) is 0 Å². The molecule has 1 heterocycles. The summed E-state index contributed by atoms with van der Waals surface area (Å²) in [4.78, 5) is 4.76.